The van der Waals surface area contributed by atoms with Crippen molar-refractivity contribution in [1.82, 2.24) is 0 Å². The molecule has 2 aromatic rings. The number of aryl methyl sites for hydroxylation is 1. The molecule has 1 aliphatic rings. The number of rotatable bonds is 2. The lowest BCUT2D eigenvalue weighted by Gasteiger charge is -2.19. The van der Waals surface area contributed by atoms with E-state index in [1.54, 1.807) is 0 Å². The van der Waals surface area contributed by atoms with E-state index in [1.165, 1.54) is 11.1 Å². The second-order valence-corrected chi connectivity index (χ2v) is 5.03. The summed E-state index contributed by atoms with van der Waals surface area (Å²) < 4.78 is 0. The molecule has 1 fully saturated rings. The molecule has 0 atom stereocenters. The van der Waals surface area contributed by atoms with Gasteiger partial charge in [-0.05, 0) is 25.0 Å². The van der Waals surface area contributed by atoms with E-state index in [0.29, 0.717) is 6.42 Å². The van der Waals surface area contributed by atoms with Gasteiger partial charge in [0.05, 0.1) is 5.69 Å². The van der Waals surface area contributed by atoms with Crippen LogP contribution in [0.1, 0.15) is 18.4 Å². The minimum absolute atomic E-state index is 0.236. The molecule has 0 radical (unpaired) electrons. The van der Waals surface area contributed by atoms with Gasteiger partial charge in [-0.1, -0.05) is 48.0 Å². The van der Waals surface area contributed by atoms with Crippen LogP contribution < -0.4 is 4.90 Å². The minimum Gasteiger partial charge on any atom is -0.312 e. The van der Waals surface area contributed by atoms with Crippen molar-refractivity contribution in [2.45, 2.75) is 19.8 Å². The summed E-state index contributed by atoms with van der Waals surface area (Å²) in [4.78, 5) is 13.9. The number of carbonyl (C=O) groups is 1. The van der Waals surface area contributed by atoms with Crippen LogP contribution in [-0.2, 0) is 4.79 Å². The average Bonchev–Trinajstić information content (AvgIpc) is 2.86. The van der Waals surface area contributed by atoms with Gasteiger partial charge in [-0.25, -0.2) is 0 Å². The summed E-state index contributed by atoms with van der Waals surface area (Å²) in [6.07, 6.45) is 1.63. The lowest BCUT2D eigenvalue weighted by atomic mass is 10.0. The topological polar surface area (TPSA) is 20.3 Å². The van der Waals surface area contributed by atoms with E-state index in [4.69, 9.17) is 0 Å². The molecule has 0 bridgehead atoms. The molecule has 0 aromatic heterocycles. The summed E-state index contributed by atoms with van der Waals surface area (Å²) >= 11 is 0. The molecule has 96 valence electrons. The highest BCUT2D eigenvalue weighted by molar-refractivity contribution is 5.99. The first-order chi connectivity index (χ1) is 9.25. The van der Waals surface area contributed by atoms with E-state index in [2.05, 4.69) is 37.3 Å². The quantitative estimate of drug-likeness (QED) is 0.795. The fourth-order valence-corrected chi connectivity index (χ4v) is 2.59. The number of para-hydroxylation sites is 1. The van der Waals surface area contributed by atoms with Crippen molar-refractivity contribution in [3.05, 3.63) is 54.1 Å². The van der Waals surface area contributed by atoms with Crippen molar-refractivity contribution in [2.75, 3.05) is 11.4 Å². The number of carbonyl (C=O) groups excluding carboxylic acids is 1. The van der Waals surface area contributed by atoms with Crippen LogP contribution >= 0.6 is 0 Å². The SMILES string of the molecule is Cc1ccc(-c2ccccc2N2CCCC2=O)cc1. The molecule has 1 saturated heterocycles. The number of hydrogen-bond acceptors (Lipinski definition) is 1. The summed E-state index contributed by atoms with van der Waals surface area (Å²) in [5.74, 6) is 0.236. The average molecular weight is 251 g/mol. The van der Waals surface area contributed by atoms with Crippen molar-refractivity contribution < 1.29 is 4.79 Å². The molecule has 2 nitrogen and oxygen atoms in total. The maximum Gasteiger partial charge on any atom is 0.227 e. The molecule has 1 heterocycles. The van der Waals surface area contributed by atoms with Gasteiger partial charge >= 0.3 is 0 Å². The van der Waals surface area contributed by atoms with Crippen molar-refractivity contribution in [3.8, 4) is 11.1 Å². The molecule has 0 aliphatic carbocycles. The summed E-state index contributed by atoms with van der Waals surface area (Å²) in [7, 11) is 0. The van der Waals surface area contributed by atoms with Crippen LogP contribution in [0.15, 0.2) is 48.5 Å². The van der Waals surface area contributed by atoms with Gasteiger partial charge in [0.1, 0.15) is 0 Å². The molecule has 0 saturated carbocycles. The lowest BCUT2D eigenvalue weighted by molar-refractivity contribution is -0.117. The fourth-order valence-electron chi connectivity index (χ4n) is 2.59. The second kappa shape index (κ2) is 4.88. The Morgan fingerprint density at radius 3 is 2.42 bits per heavy atom. The molecule has 1 amide bonds. The van der Waals surface area contributed by atoms with Crippen molar-refractivity contribution in [3.63, 3.8) is 0 Å². The molecule has 0 spiro atoms. The first-order valence-electron chi connectivity index (χ1n) is 6.72. The van der Waals surface area contributed by atoms with Crippen molar-refractivity contribution in [1.29, 1.82) is 0 Å². The Morgan fingerprint density at radius 1 is 1.00 bits per heavy atom. The minimum atomic E-state index is 0.236. The van der Waals surface area contributed by atoms with E-state index in [1.807, 2.05) is 23.1 Å². The zero-order chi connectivity index (χ0) is 13.2. The van der Waals surface area contributed by atoms with Gasteiger partial charge in [0.15, 0.2) is 0 Å². The summed E-state index contributed by atoms with van der Waals surface area (Å²) in [5, 5.41) is 0. The van der Waals surface area contributed by atoms with Gasteiger partial charge in [-0.15, -0.1) is 0 Å². The molecule has 0 unspecified atom stereocenters. The summed E-state index contributed by atoms with van der Waals surface area (Å²) in [5.41, 5.74) is 4.59. The van der Waals surface area contributed by atoms with Crippen LogP contribution in [0.5, 0.6) is 0 Å². The van der Waals surface area contributed by atoms with Gasteiger partial charge in [-0.2, -0.15) is 0 Å². The summed E-state index contributed by atoms with van der Waals surface area (Å²) in [6, 6.07) is 16.6. The first kappa shape index (κ1) is 12.0. The standard InChI is InChI=1S/C17H17NO/c1-13-8-10-14(11-9-13)15-5-2-3-6-16(15)18-12-4-7-17(18)19/h2-3,5-6,8-11H,4,7,12H2,1H3. The number of benzene rings is 2. The van der Waals surface area contributed by atoms with Crippen LogP contribution in [0.3, 0.4) is 0 Å². The van der Waals surface area contributed by atoms with E-state index in [9.17, 15) is 4.79 Å². The highest BCUT2D eigenvalue weighted by atomic mass is 16.2. The van der Waals surface area contributed by atoms with E-state index in [-0.39, 0.29) is 5.91 Å². The zero-order valence-electron chi connectivity index (χ0n) is 11.1. The Bertz CT molecular complexity index is 601. The number of amides is 1. The van der Waals surface area contributed by atoms with Crippen LogP contribution in [-0.4, -0.2) is 12.5 Å². The third-order valence-electron chi connectivity index (χ3n) is 3.63. The van der Waals surface area contributed by atoms with Crippen LogP contribution in [0.2, 0.25) is 0 Å². The normalized spacial score (nSPS) is 15.0. The van der Waals surface area contributed by atoms with Crippen LogP contribution in [0, 0.1) is 6.92 Å². The van der Waals surface area contributed by atoms with E-state index in [0.717, 1.165) is 24.2 Å². The molecular formula is C17H17NO. The molecule has 19 heavy (non-hydrogen) atoms. The highest BCUT2D eigenvalue weighted by Crippen LogP contribution is 2.33. The maximum absolute atomic E-state index is 11.9. The predicted octanol–water partition coefficient (Wildman–Crippen LogP) is 3.79. The van der Waals surface area contributed by atoms with Crippen LogP contribution in [0.25, 0.3) is 11.1 Å². The molecule has 2 heteroatoms. The smallest absolute Gasteiger partial charge is 0.227 e. The third-order valence-corrected chi connectivity index (χ3v) is 3.63. The van der Waals surface area contributed by atoms with Gasteiger partial charge in [-0.3, -0.25) is 4.79 Å². The molecule has 1 aliphatic heterocycles. The Balaban J connectivity index is 2.06. The van der Waals surface area contributed by atoms with Gasteiger partial charge in [0.2, 0.25) is 5.91 Å². The Morgan fingerprint density at radius 2 is 1.74 bits per heavy atom. The number of anilines is 1. The van der Waals surface area contributed by atoms with Gasteiger partial charge in [0, 0.05) is 18.5 Å². The molecular weight excluding hydrogens is 234 g/mol. The van der Waals surface area contributed by atoms with Gasteiger partial charge < -0.3 is 4.90 Å². The summed E-state index contributed by atoms with van der Waals surface area (Å²) in [6.45, 7) is 2.92. The Kier molecular flexibility index (Phi) is 3.08. The van der Waals surface area contributed by atoms with Crippen molar-refractivity contribution >= 4 is 11.6 Å². The largest absolute Gasteiger partial charge is 0.312 e. The predicted molar refractivity (Wildman–Crippen MR) is 78.2 cm³/mol. The molecule has 3 rings (SSSR count). The molecule has 0 N–H and O–H groups in total. The van der Waals surface area contributed by atoms with Gasteiger partial charge in [0.25, 0.3) is 0 Å². The van der Waals surface area contributed by atoms with E-state index < -0.39 is 0 Å². The number of nitrogens with zero attached hydrogens (tertiary/aromatic N) is 1. The fraction of sp³-hybridized carbons (Fsp3) is 0.235. The van der Waals surface area contributed by atoms with E-state index >= 15 is 0 Å². The monoisotopic (exact) mass is 251 g/mol. The molecule has 2 aromatic carbocycles. The third kappa shape index (κ3) is 2.26. The highest BCUT2D eigenvalue weighted by Gasteiger charge is 2.23. The maximum atomic E-state index is 11.9. The Hall–Kier alpha value is -2.09. The van der Waals surface area contributed by atoms with Crippen LogP contribution in [0.4, 0.5) is 5.69 Å². The Labute approximate surface area is 113 Å². The lowest BCUT2D eigenvalue weighted by Crippen LogP contribution is -2.24. The first-order valence-corrected chi connectivity index (χ1v) is 6.72. The zero-order valence-corrected chi connectivity index (χ0v) is 11.1. The van der Waals surface area contributed by atoms with Crippen molar-refractivity contribution in [2.24, 2.45) is 0 Å². The number of hydrogen-bond donors (Lipinski definition) is 0. The second-order valence-electron chi connectivity index (χ2n) is 5.03.